The number of amides is 1. The first-order valence-corrected chi connectivity index (χ1v) is 7.60. The van der Waals surface area contributed by atoms with Crippen LogP contribution < -0.4 is 10.2 Å². The second-order valence-electron chi connectivity index (χ2n) is 5.53. The number of hydrogen-bond acceptors (Lipinski definition) is 3. The van der Waals surface area contributed by atoms with E-state index in [-0.39, 0.29) is 5.56 Å². The van der Waals surface area contributed by atoms with Crippen LogP contribution >= 0.6 is 0 Å². The maximum absolute atomic E-state index is 13.6. The van der Waals surface area contributed by atoms with Crippen LogP contribution in [0.15, 0.2) is 36.7 Å². The van der Waals surface area contributed by atoms with Crippen molar-refractivity contribution in [3.05, 3.63) is 53.9 Å². The molecule has 0 radical (unpaired) electrons. The molecule has 1 aromatic carbocycles. The van der Waals surface area contributed by atoms with E-state index in [1.165, 1.54) is 18.7 Å². The van der Waals surface area contributed by atoms with E-state index in [0.717, 1.165) is 43.8 Å². The quantitative estimate of drug-likeness (QED) is 0.941. The SMILES string of the molecule is O=C(Nc1c(F)cccc1F)c1cncc(N2CCCCC2)c1. The number of benzene rings is 1. The molecule has 1 amide bonds. The van der Waals surface area contributed by atoms with Crippen molar-refractivity contribution in [1.82, 2.24) is 4.98 Å². The highest BCUT2D eigenvalue weighted by Gasteiger charge is 2.16. The number of para-hydroxylation sites is 1. The van der Waals surface area contributed by atoms with Gasteiger partial charge in [-0.3, -0.25) is 9.78 Å². The molecule has 0 bridgehead atoms. The van der Waals surface area contributed by atoms with E-state index < -0.39 is 23.2 Å². The minimum absolute atomic E-state index is 0.274. The maximum Gasteiger partial charge on any atom is 0.257 e. The monoisotopic (exact) mass is 317 g/mol. The summed E-state index contributed by atoms with van der Waals surface area (Å²) in [5, 5.41) is 2.28. The molecule has 1 N–H and O–H groups in total. The minimum atomic E-state index is -0.807. The Morgan fingerprint density at radius 3 is 2.48 bits per heavy atom. The van der Waals surface area contributed by atoms with Crippen molar-refractivity contribution in [2.45, 2.75) is 19.3 Å². The van der Waals surface area contributed by atoms with Gasteiger partial charge in [0, 0.05) is 19.3 Å². The number of nitrogens with one attached hydrogen (secondary N) is 1. The summed E-state index contributed by atoms with van der Waals surface area (Å²) in [6, 6.07) is 5.15. The summed E-state index contributed by atoms with van der Waals surface area (Å²) in [7, 11) is 0. The number of pyridine rings is 1. The van der Waals surface area contributed by atoms with Crippen molar-refractivity contribution >= 4 is 17.3 Å². The molecule has 23 heavy (non-hydrogen) atoms. The number of aromatic nitrogens is 1. The first-order valence-electron chi connectivity index (χ1n) is 7.60. The van der Waals surface area contributed by atoms with Gasteiger partial charge >= 0.3 is 0 Å². The van der Waals surface area contributed by atoms with E-state index in [1.54, 1.807) is 12.3 Å². The topological polar surface area (TPSA) is 45.2 Å². The van der Waals surface area contributed by atoms with Crippen molar-refractivity contribution in [2.75, 3.05) is 23.3 Å². The summed E-state index contributed by atoms with van der Waals surface area (Å²) in [5.74, 6) is -2.20. The Hall–Kier alpha value is -2.50. The number of rotatable bonds is 3. The molecule has 1 aliphatic rings. The summed E-state index contributed by atoms with van der Waals surface area (Å²) in [6.45, 7) is 1.85. The summed E-state index contributed by atoms with van der Waals surface area (Å²) in [6.07, 6.45) is 6.51. The van der Waals surface area contributed by atoms with Gasteiger partial charge in [-0.15, -0.1) is 0 Å². The number of nitrogens with zero attached hydrogens (tertiary/aromatic N) is 2. The van der Waals surface area contributed by atoms with E-state index in [2.05, 4.69) is 15.2 Å². The van der Waals surface area contributed by atoms with Crippen LogP contribution in [-0.4, -0.2) is 24.0 Å². The molecule has 3 rings (SSSR count). The van der Waals surface area contributed by atoms with Gasteiger partial charge < -0.3 is 10.2 Å². The number of hydrogen-bond donors (Lipinski definition) is 1. The lowest BCUT2D eigenvalue weighted by molar-refractivity contribution is 0.102. The lowest BCUT2D eigenvalue weighted by atomic mass is 10.1. The Balaban J connectivity index is 1.80. The fourth-order valence-electron chi connectivity index (χ4n) is 2.68. The van der Waals surface area contributed by atoms with Gasteiger partial charge in [-0.25, -0.2) is 8.78 Å². The molecule has 2 aromatic rings. The molecule has 2 heterocycles. The Morgan fingerprint density at radius 2 is 1.78 bits per heavy atom. The van der Waals surface area contributed by atoms with E-state index in [9.17, 15) is 13.6 Å². The van der Waals surface area contributed by atoms with Crippen LogP contribution in [0.3, 0.4) is 0 Å². The minimum Gasteiger partial charge on any atom is -0.370 e. The Labute approximate surface area is 133 Å². The molecule has 120 valence electrons. The van der Waals surface area contributed by atoms with Crippen LogP contribution in [0.1, 0.15) is 29.6 Å². The van der Waals surface area contributed by atoms with Crippen LogP contribution in [0.25, 0.3) is 0 Å². The standard InChI is InChI=1S/C17H17F2N3O/c18-14-5-4-6-15(19)16(14)21-17(23)12-9-13(11-20-10-12)22-7-2-1-3-8-22/h4-6,9-11H,1-3,7-8H2,(H,21,23). The van der Waals surface area contributed by atoms with Crippen LogP contribution in [0, 0.1) is 11.6 Å². The molecule has 6 heteroatoms. The zero-order valence-electron chi connectivity index (χ0n) is 12.6. The number of anilines is 2. The van der Waals surface area contributed by atoms with E-state index in [4.69, 9.17) is 0 Å². The van der Waals surface area contributed by atoms with Crippen molar-refractivity contribution < 1.29 is 13.6 Å². The van der Waals surface area contributed by atoms with Crippen LogP contribution in [0.5, 0.6) is 0 Å². The second-order valence-corrected chi connectivity index (χ2v) is 5.53. The molecule has 1 fully saturated rings. The molecule has 0 atom stereocenters. The van der Waals surface area contributed by atoms with Gasteiger partial charge in [0.1, 0.15) is 17.3 Å². The maximum atomic E-state index is 13.6. The average Bonchev–Trinajstić information content (AvgIpc) is 2.59. The summed E-state index contributed by atoms with van der Waals surface area (Å²) >= 11 is 0. The van der Waals surface area contributed by atoms with E-state index >= 15 is 0 Å². The predicted octanol–water partition coefficient (Wildman–Crippen LogP) is 3.60. The van der Waals surface area contributed by atoms with Gasteiger partial charge in [-0.05, 0) is 37.5 Å². The molecule has 0 spiro atoms. The van der Waals surface area contributed by atoms with Crippen LogP contribution in [0.2, 0.25) is 0 Å². The van der Waals surface area contributed by atoms with Gasteiger partial charge in [-0.2, -0.15) is 0 Å². The normalized spacial score (nSPS) is 14.6. The largest absolute Gasteiger partial charge is 0.370 e. The van der Waals surface area contributed by atoms with Crippen molar-refractivity contribution in [3.8, 4) is 0 Å². The number of piperidine rings is 1. The Kier molecular flexibility index (Phi) is 4.50. The van der Waals surface area contributed by atoms with E-state index in [0.29, 0.717) is 0 Å². The molecule has 1 aromatic heterocycles. The lowest BCUT2D eigenvalue weighted by Crippen LogP contribution is -2.29. The highest BCUT2D eigenvalue weighted by atomic mass is 19.1. The third-order valence-corrected chi connectivity index (χ3v) is 3.91. The van der Waals surface area contributed by atoms with Gasteiger partial charge in [0.2, 0.25) is 0 Å². The molecule has 0 saturated carbocycles. The third-order valence-electron chi connectivity index (χ3n) is 3.91. The molecular weight excluding hydrogens is 300 g/mol. The Morgan fingerprint density at radius 1 is 1.09 bits per heavy atom. The summed E-state index contributed by atoms with van der Waals surface area (Å²) in [4.78, 5) is 18.5. The van der Waals surface area contributed by atoms with Crippen LogP contribution in [0.4, 0.5) is 20.2 Å². The van der Waals surface area contributed by atoms with Crippen molar-refractivity contribution in [3.63, 3.8) is 0 Å². The molecule has 1 aliphatic heterocycles. The molecule has 4 nitrogen and oxygen atoms in total. The fourth-order valence-corrected chi connectivity index (χ4v) is 2.68. The van der Waals surface area contributed by atoms with Crippen LogP contribution in [-0.2, 0) is 0 Å². The van der Waals surface area contributed by atoms with Gasteiger partial charge in [0.05, 0.1) is 17.4 Å². The fraction of sp³-hybridized carbons (Fsp3) is 0.294. The molecule has 0 unspecified atom stereocenters. The predicted molar refractivity (Wildman–Crippen MR) is 84.6 cm³/mol. The zero-order chi connectivity index (χ0) is 16.2. The summed E-state index contributed by atoms with van der Waals surface area (Å²) in [5.41, 5.74) is 0.683. The second kappa shape index (κ2) is 6.73. The number of carbonyl (C=O) groups is 1. The zero-order valence-corrected chi connectivity index (χ0v) is 12.6. The smallest absolute Gasteiger partial charge is 0.257 e. The van der Waals surface area contributed by atoms with Crippen molar-refractivity contribution in [2.24, 2.45) is 0 Å². The number of carbonyl (C=O) groups excluding carboxylic acids is 1. The van der Waals surface area contributed by atoms with Gasteiger partial charge in [0.25, 0.3) is 5.91 Å². The number of halogens is 2. The van der Waals surface area contributed by atoms with E-state index in [1.807, 2.05) is 0 Å². The van der Waals surface area contributed by atoms with Crippen molar-refractivity contribution in [1.29, 1.82) is 0 Å². The van der Waals surface area contributed by atoms with Gasteiger partial charge in [0.15, 0.2) is 0 Å². The third kappa shape index (κ3) is 3.47. The lowest BCUT2D eigenvalue weighted by Gasteiger charge is -2.28. The van der Waals surface area contributed by atoms with Gasteiger partial charge in [-0.1, -0.05) is 6.07 Å². The summed E-state index contributed by atoms with van der Waals surface area (Å²) < 4.78 is 27.2. The first kappa shape index (κ1) is 15.4. The molecule has 0 aliphatic carbocycles. The molecular formula is C17H17F2N3O. The Bertz CT molecular complexity index is 694. The molecule has 1 saturated heterocycles. The highest BCUT2D eigenvalue weighted by molar-refractivity contribution is 6.04. The average molecular weight is 317 g/mol. The highest BCUT2D eigenvalue weighted by Crippen LogP contribution is 2.22. The first-order chi connectivity index (χ1) is 11.1.